The van der Waals surface area contributed by atoms with E-state index >= 15 is 0 Å². The van der Waals surface area contributed by atoms with E-state index in [1.54, 1.807) is 11.0 Å². The summed E-state index contributed by atoms with van der Waals surface area (Å²) in [6, 6.07) is 4.58. The number of rotatable bonds is 2. The highest BCUT2D eigenvalue weighted by Crippen LogP contribution is 2.33. The van der Waals surface area contributed by atoms with Crippen LogP contribution in [0.1, 0.15) is 45.3 Å². The van der Waals surface area contributed by atoms with Gasteiger partial charge in [-0.25, -0.2) is 9.18 Å². The number of carbonyl (C=O) groups excluding carboxylic acids is 1. The lowest BCUT2D eigenvalue weighted by Crippen LogP contribution is -2.44. The third-order valence-corrected chi connectivity index (χ3v) is 4.15. The molecule has 1 aromatic carbocycles. The Hall–Kier alpha value is -1.33. The van der Waals surface area contributed by atoms with Crippen molar-refractivity contribution in [3.63, 3.8) is 0 Å². The Morgan fingerprint density at radius 1 is 1.48 bits per heavy atom. The van der Waals surface area contributed by atoms with Crippen LogP contribution in [0.15, 0.2) is 18.2 Å². The third kappa shape index (κ3) is 4.58. The lowest BCUT2D eigenvalue weighted by atomic mass is 9.88. The smallest absolute Gasteiger partial charge is 0.410 e. The standard InChI is InChI=1S/C17H23ClFNO3/c1-17(2,3)23-16(22)20-9-5-6-11(10-20)15(21)12-7-4-8-13(18)14(12)19/h4,7-8,11,15,21H,5-6,9-10H2,1-3H3. The summed E-state index contributed by atoms with van der Waals surface area (Å²) < 4.78 is 19.5. The number of hydrogen-bond acceptors (Lipinski definition) is 3. The van der Waals surface area contributed by atoms with Crippen LogP contribution in [0.5, 0.6) is 0 Å². The topological polar surface area (TPSA) is 49.8 Å². The van der Waals surface area contributed by atoms with Crippen molar-refractivity contribution in [2.45, 2.75) is 45.3 Å². The van der Waals surface area contributed by atoms with Crippen LogP contribution in [-0.2, 0) is 4.74 Å². The van der Waals surface area contributed by atoms with E-state index < -0.39 is 23.6 Å². The van der Waals surface area contributed by atoms with E-state index in [-0.39, 0.29) is 16.5 Å². The van der Waals surface area contributed by atoms with E-state index in [0.717, 1.165) is 6.42 Å². The number of amides is 1. The maximum absolute atomic E-state index is 14.1. The molecule has 1 amide bonds. The van der Waals surface area contributed by atoms with Crippen molar-refractivity contribution in [1.29, 1.82) is 0 Å². The normalized spacial score (nSPS) is 20.3. The average molecular weight is 344 g/mol. The van der Waals surface area contributed by atoms with Crippen LogP contribution in [0, 0.1) is 11.7 Å². The Morgan fingerprint density at radius 3 is 2.83 bits per heavy atom. The molecular weight excluding hydrogens is 321 g/mol. The number of benzene rings is 1. The number of likely N-dealkylation sites (tertiary alicyclic amines) is 1. The molecule has 4 nitrogen and oxygen atoms in total. The molecular formula is C17H23ClFNO3. The fourth-order valence-electron chi connectivity index (χ4n) is 2.76. The highest BCUT2D eigenvalue weighted by Gasteiger charge is 2.32. The first-order valence-electron chi connectivity index (χ1n) is 7.79. The van der Waals surface area contributed by atoms with Crippen molar-refractivity contribution in [2.24, 2.45) is 5.92 Å². The van der Waals surface area contributed by atoms with Crippen LogP contribution in [0.4, 0.5) is 9.18 Å². The largest absolute Gasteiger partial charge is 0.444 e. The van der Waals surface area contributed by atoms with Gasteiger partial charge < -0.3 is 14.7 Å². The highest BCUT2D eigenvalue weighted by atomic mass is 35.5. The molecule has 1 heterocycles. The molecule has 1 aromatic rings. The molecule has 6 heteroatoms. The predicted molar refractivity (Wildman–Crippen MR) is 86.9 cm³/mol. The fourth-order valence-corrected chi connectivity index (χ4v) is 2.94. The molecule has 1 N–H and O–H groups in total. The SMILES string of the molecule is CC(C)(C)OC(=O)N1CCCC(C(O)c2cccc(Cl)c2F)C1. The molecule has 1 aliphatic rings. The number of nitrogens with zero attached hydrogens (tertiary/aromatic N) is 1. The molecule has 1 fully saturated rings. The molecule has 0 spiro atoms. The number of carbonyl (C=O) groups is 1. The van der Waals surface area contributed by atoms with Gasteiger partial charge in [0.2, 0.25) is 0 Å². The van der Waals surface area contributed by atoms with Crippen LogP contribution in [-0.4, -0.2) is 34.8 Å². The van der Waals surface area contributed by atoms with Crippen molar-refractivity contribution >= 4 is 17.7 Å². The van der Waals surface area contributed by atoms with Gasteiger partial charge in [0.15, 0.2) is 0 Å². The summed E-state index contributed by atoms with van der Waals surface area (Å²) in [6.07, 6.45) is 0.0511. The number of ether oxygens (including phenoxy) is 1. The molecule has 1 aliphatic heterocycles. The summed E-state index contributed by atoms with van der Waals surface area (Å²) >= 11 is 5.78. The Labute approximate surface area is 141 Å². The molecule has 0 saturated carbocycles. The van der Waals surface area contributed by atoms with Crippen LogP contribution >= 0.6 is 11.6 Å². The second-order valence-corrected chi connectivity index (χ2v) is 7.32. The molecule has 0 bridgehead atoms. The number of halogens is 2. The van der Waals surface area contributed by atoms with Crippen molar-refractivity contribution in [1.82, 2.24) is 4.90 Å². The maximum atomic E-state index is 14.1. The summed E-state index contributed by atoms with van der Waals surface area (Å²) in [6.45, 7) is 6.34. The molecule has 2 atom stereocenters. The first-order valence-corrected chi connectivity index (χ1v) is 8.17. The molecule has 0 aromatic heterocycles. The minimum Gasteiger partial charge on any atom is -0.444 e. The van der Waals surface area contributed by atoms with Crippen LogP contribution in [0.25, 0.3) is 0 Å². The monoisotopic (exact) mass is 343 g/mol. The van der Waals surface area contributed by atoms with Crippen LogP contribution < -0.4 is 0 Å². The molecule has 0 radical (unpaired) electrons. The van der Waals surface area contributed by atoms with Crippen LogP contribution in [0.3, 0.4) is 0 Å². The molecule has 2 unspecified atom stereocenters. The van der Waals surface area contributed by atoms with Gasteiger partial charge in [0.1, 0.15) is 11.4 Å². The number of aliphatic hydroxyl groups excluding tert-OH is 1. The number of aliphatic hydroxyl groups is 1. The van der Waals surface area contributed by atoms with Crippen molar-refractivity contribution in [3.8, 4) is 0 Å². The first kappa shape index (κ1) is 18.0. The lowest BCUT2D eigenvalue weighted by Gasteiger charge is -2.36. The lowest BCUT2D eigenvalue weighted by molar-refractivity contribution is 0.00191. The van der Waals surface area contributed by atoms with Gasteiger partial charge in [-0.1, -0.05) is 23.7 Å². The summed E-state index contributed by atoms with van der Waals surface area (Å²) in [5, 5.41) is 10.5. The van der Waals surface area contributed by atoms with Gasteiger partial charge in [-0.2, -0.15) is 0 Å². The van der Waals surface area contributed by atoms with E-state index in [2.05, 4.69) is 0 Å². The summed E-state index contributed by atoms with van der Waals surface area (Å²) in [4.78, 5) is 13.7. The zero-order chi connectivity index (χ0) is 17.2. The third-order valence-electron chi connectivity index (χ3n) is 3.86. The average Bonchev–Trinajstić information content (AvgIpc) is 2.48. The molecule has 23 heavy (non-hydrogen) atoms. The Morgan fingerprint density at radius 2 is 2.17 bits per heavy atom. The first-order chi connectivity index (χ1) is 10.7. The van der Waals surface area contributed by atoms with Gasteiger partial charge in [-0.15, -0.1) is 0 Å². The second-order valence-electron chi connectivity index (χ2n) is 6.92. The fraction of sp³-hybridized carbons (Fsp3) is 0.588. The van der Waals surface area contributed by atoms with Gasteiger partial charge in [0.05, 0.1) is 11.1 Å². The van der Waals surface area contributed by atoms with Gasteiger partial charge in [0, 0.05) is 24.6 Å². The summed E-state index contributed by atoms with van der Waals surface area (Å²) in [5.74, 6) is -0.847. The molecule has 0 aliphatic carbocycles. The number of piperidine rings is 1. The number of hydrogen-bond donors (Lipinski definition) is 1. The van der Waals surface area contributed by atoms with E-state index in [0.29, 0.717) is 19.5 Å². The van der Waals surface area contributed by atoms with E-state index in [1.165, 1.54) is 12.1 Å². The second kappa shape index (κ2) is 7.05. The van der Waals surface area contributed by atoms with E-state index in [1.807, 2.05) is 20.8 Å². The highest BCUT2D eigenvalue weighted by molar-refractivity contribution is 6.30. The van der Waals surface area contributed by atoms with E-state index in [9.17, 15) is 14.3 Å². The Balaban J connectivity index is 2.08. The van der Waals surface area contributed by atoms with Crippen molar-refractivity contribution in [2.75, 3.05) is 13.1 Å². The van der Waals surface area contributed by atoms with E-state index in [4.69, 9.17) is 16.3 Å². The van der Waals surface area contributed by atoms with Gasteiger partial charge in [0.25, 0.3) is 0 Å². The van der Waals surface area contributed by atoms with Crippen molar-refractivity contribution in [3.05, 3.63) is 34.6 Å². The zero-order valence-corrected chi connectivity index (χ0v) is 14.4. The minimum atomic E-state index is -1.00. The molecule has 128 valence electrons. The Bertz CT molecular complexity index is 573. The van der Waals surface area contributed by atoms with Crippen molar-refractivity contribution < 1.29 is 19.0 Å². The Kier molecular flexibility index (Phi) is 5.53. The maximum Gasteiger partial charge on any atom is 0.410 e. The predicted octanol–water partition coefficient (Wildman–Crippen LogP) is 4.16. The molecule has 2 rings (SSSR count). The summed E-state index contributed by atoms with van der Waals surface area (Å²) in [5.41, 5.74) is -0.393. The quantitative estimate of drug-likeness (QED) is 0.877. The van der Waals surface area contributed by atoms with Gasteiger partial charge in [-0.05, 0) is 39.7 Å². The zero-order valence-electron chi connectivity index (χ0n) is 13.7. The van der Waals surface area contributed by atoms with Gasteiger partial charge >= 0.3 is 6.09 Å². The molecule has 1 saturated heterocycles. The van der Waals surface area contributed by atoms with Crippen LogP contribution in [0.2, 0.25) is 5.02 Å². The summed E-state index contributed by atoms with van der Waals surface area (Å²) in [7, 11) is 0. The van der Waals surface area contributed by atoms with Gasteiger partial charge in [-0.3, -0.25) is 0 Å². The minimum absolute atomic E-state index is 0.0126.